The Morgan fingerprint density at radius 3 is 2.90 bits per heavy atom. The summed E-state index contributed by atoms with van der Waals surface area (Å²) in [5.41, 5.74) is 2.41. The van der Waals surface area contributed by atoms with Crippen LogP contribution in [0.4, 0.5) is 5.82 Å². The largest absolute Gasteiger partial charge is 0.454 e. The van der Waals surface area contributed by atoms with Crippen LogP contribution in [-0.4, -0.2) is 49.0 Å². The van der Waals surface area contributed by atoms with Gasteiger partial charge in [-0.2, -0.15) is 0 Å². The average Bonchev–Trinajstić information content (AvgIpc) is 3.21. The fraction of sp³-hybridized carbons (Fsp3) is 0.476. The van der Waals surface area contributed by atoms with Crippen molar-refractivity contribution in [2.24, 2.45) is 5.92 Å². The van der Waals surface area contributed by atoms with E-state index in [4.69, 9.17) is 19.2 Å². The first kappa shape index (κ1) is 18.2. The van der Waals surface area contributed by atoms with Gasteiger partial charge in [-0.3, -0.25) is 4.79 Å². The van der Waals surface area contributed by atoms with Crippen LogP contribution in [0, 0.1) is 5.92 Å². The second-order valence-electron chi connectivity index (χ2n) is 7.62. The second-order valence-corrected chi connectivity index (χ2v) is 7.62. The number of anilines is 1. The minimum atomic E-state index is -0.130. The molecule has 1 fully saturated rings. The molecule has 1 aromatic heterocycles. The third-order valence-electron chi connectivity index (χ3n) is 5.63. The van der Waals surface area contributed by atoms with E-state index < -0.39 is 0 Å². The Morgan fingerprint density at radius 2 is 2.00 bits per heavy atom. The standard InChI is InChI=1S/C21H24N4O4/c26-21-19-15(3-6-22-21)20(23-11-13-4-7-27-8-5-13)25-18(24-19)10-14-1-2-16-17(9-14)29-12-28-16/h1-2,9,13H,3-8,10-12H2,(H,22,26)(H,23,24,25). The fourth-order valence-corrected chi connectivity index (χ4v) is 3.99. The molecule has 29 heavy (non-hydrogen) atoms. The molecule has 0 aliphatic carbocycles. The average molecular weight is 396 g/mol. The van der Waals surface area contributed by atoms with Gasteiger partial charge in [-0.05, 0) is 42.9 Å². The molecule has 3 aliphatic heterocycles. The Balaban J connectivity index is 1.40. The Hall–Kier alpha value is -2.87. The molecular weight excluding hydrogens is 372 g/mol. The summed E-state index contributed by atoms with van der Waals surface area (Å²) in [6.07, 6.45) is 3.35. The molecule has 2 aromatic rings. The SMILES string of the molecule is O=C1NCCc2c(NCC3CCOCC3)nc(Cc3ccc4c(c3)OCO4)nc21. The van der Waals surface area contributed by atoms with Crippen LogP contribution >= 0.6 is 0 Å². The molecule has 8 heteroatoms. The summed E-state index contributed by atoms with van der Waals surface area (Å²) < 4.78 is 16.3. The van der Waals surface area contributed by atoms with E-state index in [0.717, 1.165) is 67.5 Å². The van der Waals surface area contributed by atoms with E-state index in [1.54, 1.807) is 0 Å². The number of carbonyl (C=O) groups excluding carboxylic acids is 1. The zero-order valence-corrected chi connectivity index (χ0v) is 16.2. The minimum absolute atomic E-state index is 0.130. The summed E-state index contributed by atoms with van der Waals surface area (Å²) in [5.74, 6) is 3.31. The number of fused-ring (bicyclic) bond motifs is 2. The topological polar surface area (TPSA) is 94.6 Å². The number of hydrogen-bond donors (Lipinski definition) is 2. The summed E-state index contributed by atoms with van der Waals surface area (Å²) in [5, 5.41) is 6.39. The van der Waals surface area contributed by atoms with Gasteiger partial charge in [-0.25, -0.2) is 9.97 Å². The molecule has 152 valence electrons. The van der Waals surface area contributed by atoms with Gasteiger partial charge in [0.1, 0.15) is 17.3 Å². The zero-order valence-electron chi connectivity index (χ0n) is 16.2. The van der Waals surface area contributed by atoms with Gasteiger partial charge in [0.2, 0.25) is 6.79 Å². The van der Waals surface area contributed by atoms with E-state index in [1.807, 2.05) is 18.2 Å². The minimum Gasteiger partial charge on any atom is -0.454 e. The van der Waals surface area contributed by atoms with Gasteiger partial charge < -0.3 is 24.8 Å². The lowest BCUT2D eigenvalue weighted by Gasteiger charge is -2.24. The highest BCUT2D eigenvalue weighted by Gasteiger charge is 2.25. The molecule has 3 aliphatic rings. The normalized spacial score (nSPS) is 18.3. The number of carbonyl (C=O) groups is 1. The van der Waals surface area contributed by atoms with Gasteiger partial charge in [0.25, 0.3) is 5.91 Å². The number of nitrogens with one attached hydrogen (secondary N) is 2. The predicted molar refractivity (Wildman–Crippen MR) is 105 cm³/mol. The van der Waals surface area contributed by atoms with Crippen molar-refractivity contribution in [3.05, 3.63) is 40.8 Å². The molecule has 0 unspecified atom stereocenters. The lowest BCUT2D eigenvalue weighted by molar-refractivity contribution is 0.0699. The van der Waals surface area contributed by atoms with Crippen molar-refractivity contribution in [3.8, 4) is 11.5 Å². The molecule has 0 atom stereocenters. The molecule has 5 rings (SSSR count). The Bertz CT molecular complexity index is 927. The first-order valence-corrected chi connectivity index (χ1v) is 10.1. The van der Waals surface area contributed by atoms with Crippen LogP contribution in [0.5, 0.6) is 11.5 Å². The molecule has 1 amide bonds. The maximum atomic E-state index is 12.4. The number of ether oxygens (including phenoxy) is 3. The number of aromatic nitrogens is 2. The summed E-state index contributed by atoms with van der Waals surface area (Å²) in [7, 11) is 0. The van der Waals surface area contributed by atoms with E-state index in [9.17, 15) is 4.79 Å². The first-order valence-electron chi connectivity index (χ1n) is 10.1. The molecule has 2 N–H and O–H groups in total. The van der Waals surface area contributed by atoms with Gasteiger partial charge in [0.05, 0.1) is 0 Å². The van der Waals surface area contributed by atoms with Crippen molar-refractivity contribution in [1.82, 2.24) is 15.3 Å². The maximum Gasteiger partial charge on any atom is 0.270 e. The number of hydrogen-bond acceptors (Lipinski definition) is 7. The molecule has 0 saturated carbocycles. The monoisotopic (exact) mass is 396 g/mol. The number of amides is 1. The van der Waals surface area contributed by atoms with Crippen LogP contribution in [-0.2, 0) is 17.6 Å². The van der Waals surface area contributed by atoms with E-state index in [0.29, 0.717) is 30.4 Å². The second kappa shape index (κ2) is 7.87. The lowest BCUT2D eigenvalue weighted by atomic mass is 10.00. The van der Waals surface area contributed by atoms with Gasteiger partial charge in [0.15, 0.2) is 11.5 Å². The molecule has 1 saturated heterocycles. The van der Waals surface area contributed by atoms with Gasteiger partial charge in [-0.15, -0.1) is 0 Å². The van der Waals surface area contributed by atoms with Crippen molar-refractivity contribution in [2.45, 2.75) is 25.7 Å². The molecule has 4 heterocycles. The number of benzene rings is 1. The van der Waals surface area contributed by atoms with Crippen LogP contribution in [0.15, 0.2) is 18.2 Å². The number of nitrogens with zero attached hydrogens (tertiary/aromatic N) is 2. The van der Waals surface area contributed by atoms with Crippen LogP contribution < -0.4 is 20.1 Å². The highest BCUT2D eigenvalue weighted by molar-refractivity contribution is 5.96. The van der Waals surface area contributed by atoms with Crippen LogP contribution in [0.2, 0.25) is 0 Å². The quantitative estimate of drug-likeness (QED) is 0.797. The van der Waals surface area contributed by atoms with Gasteiger partial charge in [-0.1, -0.05) is 6.07 Å². The van der Waals surface area contributed by atoms with E-state index in [-0.39, 0.29) is 12.7 Å². The van der Waals surface area contributed by atoms with E-state index >= 15 is 0 Å². The lowest BCUT2D eigenvalue weighted by Crippen LogP contribution is -2.34. The molecule has 0 bridgehead atoms. The van der Waals surface area contributed by atoms with Crippen molar-refractivity contribution in [3.63, 3.8) is 0 Å². The summed E-state index contributed by atoms with van der Waals surface area (Å²) in [6.45, 7) is 3.31. The first-order chi connectivity index (χ1) is 14.3. The fourth-order valence-electron chi connectivity index (χ4n) is 3.99. The Kier molecular flexibility index (Phi) is 4.93. The number of rotatable bonds is 5. The van der Waals surface area contributed by atoms with Crippen LogP contribution in [0.25, 0.3) is 0 Å². The third-order valence-corrected chi connectivity index (χ3v) is 5.63. The van der Waals surface area contributed by atoms with Crippen LogP contribution in [0.3, 0.4) is 0 Å². The van der Waals surface area contributed by atoms with Crippen molar-refractivity contribution < 1.29 is 19.0 Å². The Labute approximate surface area is 169 Å². The third kappa shape index (κ3) is 3.85. The summed E-state index contributed by atoms with van der Waals surface area (Å²) in [4.78, 5) is 21.8. The molecule has 8 nitrogen and oxygen atoms in total. The molecule has 0 spiro atoms. The highest BCUT2D eigenvalue weighted by Crippen LogP contribution is 2.33. The van der Waals surface area contributed by atoms with Gasteiger partial charge >= 0.3 is 0 Å². The van der Waals surface area contributed by atoms with Crippen LogP contribution in [0.1, 0.15) is 40.3 Å². The molecular formula is C21H24N4O4. The van der Waals surface area contributed by atoms with Crippen molar-refractivity contribution in [1.29, 1.82) is 0 Å². The zero-order chi connectivity index (χ0) is 19.6. The van der Waals surface area contributed by atoms with Gasteiger partial charge in [0, 0.05) is 38.3 Å². The molecule has 0 radical (unpaired) electrons. The van der Waals surface area contributed by atoms with Crippen molar-refractivity contribution in [2.75, 3.05) is 38.4 Å². The molecule has 1 aromatic carbocycles. The van der Waals surface area contributed by atoms with E-state index in [2.05, 4.69) is 15.6 Å². The predicted octanol–water partition coefficient (Wildman–Crippen LogP) is 1.92. The maximum absolute atomic E-state index is 12.4. The smallest absolute Gasteiger partial charge is 0.270 e. The van der Waals surface area contributed by atoms with E-state index in [1.165, 1.54) is 0 Å². The summed E-state index contributed by atoms with van der Waals surface area (Å²) >= 11 is 0. The Morgan fingerprint density at radius 1 is 1.14 bits per heavy atom. The summed E-state index contributed by atoms with van der Waals surface area (Å²) in [6, 6.07) is 5.82. The highest BCUT2D eigenvalue weighted by atomic mass is 16.7. The van der Waals surface area contributed by atoms with Crippen molar-refractivity contribution >= 4 is 11.7 Å².